The zero-order valence-electron chi connectivity index (χ0n) is 18.7. The van der Waals surface area contributed by atoms with E-state index in [1.165, 1.54) is 4.31 Å². The van der Waals surface area contributed by atoms with Gasteiger partial charge in [0, 0.05) is 38.0 Å². The van der Waals surface area contributed by atoms with Crippen LogP contribution in [0.1, 0.15) is 43.3 Å². The fourth-order valence-electron chi connectivity index (χ4n) is 4.90. The number of benzene rings is 2. The van der Waals surface area contributed by atoms with Crippen molar-refractivity contribution in [2.45, 2.75) is 43.4 Å². The Morgan fingerprint density at radius 3 is 2.33 bits per heavy atom. The highest BCUT2D eigenvalue weighted by Gasteiger charge is 2.35. The maximum Gasteiger partial charge on any atom is 0.243 e. The summed E-state index contributed by atoms with van der Waals surface area (Å²) in [5.74, 6) is 1.50. The summed E-state index contributed by atoms with van der Waals surface area (Å²) in [6.45, 7) is 3.87. The highest BCUT2D eigenvalue weighted by atomic mass is 32.2. The van der Waals surface area contributed by atoms with Crippen molar-refractivity contribution in [1.82, 2.24) is 19.3 Å². The van der Waals surface area contributed by atoms with Gasteiger partial charge in [0.2, 0.25) is 21.8 Å². The van der Waals surface area contributed by atoms with E-state index in [0.29, 0.717) is 55.6 Å². The van der Waals surface area contributed by atoms with E-state index in [9.17, 15) is 13.2 Å². The zero-order chi connectivity index (χ0) is 23.0. The van der Waals surface area contributed by atoms with Crippen molar-refractivity contribution >= 4 is 26.7 Å². The van der Waals surface area contributed by atoms with Crippen molar-refractivity contribution < 1.29 is 17.7 Å². The molecule has 33 heavy (non-hydrogen) atoms. The van der Waals surface area contributed by atoms with Crippen LogP contribution in [0.5, 0.6) is 0 Å². The minimum Gasteiger partial charge on any atom is -0.342 e. The van der Waals surface area contributed by atoms with Gasteiger partial charge in [-0.15, -0.1) is 0 Å². The number of carbonyl (C=O) groups excluding carboxylic acids is 1. The van der Waals surface area contributed by atoms with E-state index in [1.54, 1.807) is 19.1 Å². The predicted molar refractivity (Wildman–Crippen MR) is 123 cm³/mol. The number of hydrogen-bond acceptors (Lipinski definition) is 6. The second kappa shape index (κ2) is 8.87. The van der Waals surface area contributed by atoms with Crippen molar-refractivity contribution in [2.75, 3.05) is 26.2 Å². The fraction of sp³-hybridized carbons (Fsp3) is 0.458. The van der Waals surface area contributed by atoms with Gasteiger partial charge in [0.1, 0.15) is 0 Å². The van der Waals surface area contributed by atoms with Crippen LogP contribution in [0.15, 0.2) is 51.9 Å². The molecule has 1 amide bonds. The Labute approximate surface area is 193 Å². The van der Waals surface area contributed by atoms with Gasteiger partial charge < -0.3 is 9.42 Å². The lowest BCUT2D eigenvalue weighted by molar-refractivity contribution is -0.137. The van der Waals surface area contributed by atoms with Gasteiger partial charge in [-0.1, -0.05) is 35.5 Å². The van der Waals surface area contributed by atoms with Gasteiger partial charge >= 0.3 is 0 Å². The molecule has 0 atom stereocenters. The predicted octanol–water partition coefficient (Wildman–Crippen LogP) is 3.34. The summed E-state index contributed by atoms with van der Waals surface area (Å²) in [6.07, 6.45) is 2.72. The monoisotopic (exact) mass is 468 g/mol. The van der Waals surface area contributed by atoms with Crippen LogP contribution < -0.4 is 0 Å². The summed E-state index contributed by atoms with van der Waals surface area (Å²) in [6, 6.07) is 13.0. The smallest absolute Gasteiger partial charge is 0.243 e. The molecule has 0 radical (unpaired) electrons. The normalized spacial score (nSPS) is 19.2. The molecule has 3 aromatic rings. The van der Waals surface area contributed by atoms with Gasteiger partial charge in [-0.2, -0.15) is 9.29 Å². The van der Waals surface area contributed by atoms with Crippen LogP contribution in [0.3, 0.4) is 0 Å². The van der Waals surface area contributed by atoms with Crippen LogP contribution >= 0.6 is 0 Å². The number of fused-ring (bicyclic) bond motifs is 1. The Kier molecular flexibility index (Phi) is 5.92. The van der Waals surface area contributed by atoms with E-state index in [-0.39, 0.29) is 17.7 Å². The van der Waals surface area contributed by atoms with Crippen molar-refractivity contribution in [2.24, 2.45) is 5.92 Å². The summed E-state index contributed by atoms with van der Waals surface area (Å²) >= 11 is 0. The Balaban J connectivity index is 1.18. The van der Waals surface area contributed by atoms with Gasteiger partial charge in [-0.25, -0.2) is 8.42 Å². The number of likely N-dealkylation sites (tertiary alicyclic amines) is 1. The Morgan fingerprint density at radius 2 is 1.67 bits per heavy atom. The average Bonchev–Trinajstić information content (AvgIpc) is 3.29. The van der Waals surface area contributed by atoms with Crippen LogP contribution in [0.2, 0.25) is 0 Å². The van der Waals surface area contributed by atoms with Crippen molar-refractivity contribution in [3.05, 3.63) is 54.2 Å². The lowest BCUT2D eigenvalue weighted by Crippen LogP contribution is -2.46. The molecule has 3 heterocycles. The summed E-state index contributed by atoms with van der Waals surface area (Å²) in [4.78, 5) is 19.6. The molecule has 0 unspecified atom stereocenters. The Bertz CT molecular complexity index is 1260. The van der Waals surface area contributed by atoms with E-state index in [2.05, 4.69) is 10.1 Å². The fourth-order valence-corrected chi connectivity index (χ4v) is 6.41. The summed E-state index contributed by atoms with van der Waals surface area (Å²) < 4.78 is 33.2. The number of nitrogens with zero attached hydrogens (tertiary/aromatic N) is 4. The largest absolute Gasteiger partial charge is 0.342 e. The molecule has 174 valence electrons. The maximum atomic E-state index is 13.2. The number of rotatable bonds is 4. The lowest BCUT2D eigenvalue weighted by Gasteiger charge is -2.36. The molecule has 0 aliphatic carbocycles. The van der Waals surface area contributed by atoms with E-state index < -0.39 is 10.0 Å². The van der Waals surface area contributed by atoms with E-state index >= 15 is 0 Å². The number of piperidine rings is 2. The molecule has 2 aliphatic rings. The molecule has 0 N–H and O–H groups in total. The van der Waals surface area contributed by atoms with Crippen molar-refractivity contribution in [3.63, 3.8) is 0 Å². The molecule has 5 rings (SSSR count). The lowest BCUT2D eigenvalue weighted by atomic mass is 9.92. The molecule has 2 saturated heterocycles. The number of aryl methyl sites for hydroxylation is 1. The zero-order valence-corrected chi connectivity index (χ0v) is 19.5. The molecule has 2 aliphatic heterocycles. The highest BCUT2D eigenvalue weighted by Crippen LogP contribution is 2.30. The van der Waals surface area contributed by atoms with Crippen LogP contribution in [0, 0.1) is 12.8 Å². The van der Waals surface area contributed by atoms with Crippen LogP contribution in [0.25, 0.3) is 10.8 Å². The SMILES string of the molecule is Cc1noc(C2CCN(C(=O)C3CCN(S(=O)(=O)c4ccc5ccccc5c4)CC3)CC2)n1. The topological polar surface area (TPSA) is 96.6 Å². The number of hydrogen-bond donors (Lipinski definition) is 0. The highest BCUT2D eigenvalue weighted by molar-refractivity contribution is 7.89. The third-order valence-corrected chi connectivity index (χ3v) is 8.76. The number of carbonyl (C=O) groups is 1. The first-order chi connectivity index (χ1) is 15.9. The standard InChI is InChI=1S/C24H28N4O4S/c1-17-25-23(32-26-17)19-8-12-27(13-9-19)24(29)20-10-14-28(15-11-20)33(30,31)22-7-6-18-4-2-3-5-21(18)16-22/h2-7,16,19-20H,8-15H2,1H3. The number of sulfonamides is 1. The molecule has 8 nitrogen and oxygen atoms in total. The van der Waals surface area contributed by atoms with E-state index in [1.807, 2.05) is 35.2 Å². The van der Waals surface area contributed by atoms with Gasteiger partial charge in [0.05, 0.1) is 4.90 Å². The summed E-state index contributed by atoms with van der Waals surface area (Å²) in [5.41, 5.74) is 0. The van der Waals surface area contributed by atoms with Gasteiger partial charge in [-0.3, -0.25) is 4.79 Å². The molecule has 2 fully saturated rings. The molecule has 0 spiro atoms. The first kappa shape index (κ1) is 22.0. The van der Waals surface area contributed by atoms with Crippen molar-refractivity contribution in [3.8, 4) is 0 Å². The third kappa shape index (κ3) is 4.39. The van der Waals surface area contributed by atoms with Gasteiger partial charge in [-0.05, 0) is 55.5 Å². The van der Waals surface area contributed by atoms with Gasteiger partial charge in [0.25, 0.3) is 0 Å². The quantitative estimate of drug-likeness (QED) is 0.583. The van der Waals surface area contributed by atoms with Crippen LogP contribution in [-0.2, 0) is 14.8 Å². The number of amides is 1. The molecule has 0 saturated carbocycles. The minimum atomic E-state index is -3.58. The third-order valence-electron chi connectivity index (χ3n) is 6.86. The van der Waals surface area contributed by atoms with Crippen LogP contribution in [-0.4, -0.2) is 59.8 Å². The van der Waals surface area contributed by atoms with E-state index in [4.69, 9.17) is 4.52 Å². The Morgan fingerprint density at radius 1 is 0.970 bits per heavy atom. The van der Waals surface area contributed by atoms with Gasteiger partial charge in [0.15, 0.2) is 5.82 Å². The Hall–Kier alpha value is -2.78. The molecular weight excluding hydrogens is 440 g/mol. The molecule has 0 bridgehead atoms. The van der Waals surface area contributed by atoms with Crippen molar-refractivity contribution in [1.29, 1.82) is 0 Å². The molecule has 9 heteroatoms. The minimum absolute atomic E-state index is 0.129. The molecular formula is C24H28N4O4S. The van der Waals surface area contributed by atoms with E-state index in [0.717, 1.165) is 23.6 Å². The summed E-state index contributed by atoms with van der Waals surface area (Å²) in [7, 11) is -3.58. The first-order valence-electron chi connectivity index (χ1n) is 11.5. The second-order valence-corrected chi connectivity index (χ2v) is 10.9. The number of aromatic nitrogens is 2. The van der Waals surface area contributed by atoms with Crippen LogP contribution in [0.4, 0.5) is 0 Å². The summed E-state index contributed by atoms with van der Waals surface area (Å²) in [5, 5.41) is 5.78. The average molecular weight is 469 g/mol. The first-order valence-corrected chi connectivity index (χ1v) is 12.9. The maximum absolute atomic E-state index is 13.2. The molecule has 2 aromatic carbocycles. The second-order valence-electron chi connectivity index (χ2n) is 8.97. The molecule has 1 aromatic heterocycles.